The van der Waals surface area contributed by atoms with Gasteiger partial charge in [0, 0.05) is 30.9 Å². The number of nitrogens with one attached hydrogen (secondary N) is 1. The molecule has 0 heterocycles. The van der Waals surface area contributed by atoms with Crippen LogP contribution in [0.2, 0.25) is 5.02 Å². The molecule has 2 N–H and O–H groups in total. The molecule has 0 spiro atoms. The summed E-state index contributed by atoms with van der Waals surface area (Å²) >= 11 is 5.91. The van der Waals surface area contributed by atoms with Gasteiger partial charge in [0.2, 0.25) is 6.03 Å². The van der Waals surface area contributed by atoms with E-state index in [2.05, 4.69) is 5.32 Å². The molecule has 0 saturated carbocycles. The summed E-state index contributed by atoms with van der Waals surface area (Å²) in [7, 11) is -3.46. The van der Waals surface area contributed by atoms with E-state index in [-0.39, 0.29) is 6.16 Å². The van der Waals surface area contributed by atoms with Crippen molar-refractivity contribution in [2.75, 3.05) is 25.9 Å². The number of rotatable bonds is 11. The fraction of sp³-hybridized carbons (Fsp3) is 0.600. The van der Waals surface area contributed by atoms with Crippen LogP contribution in [0.5, 0.6) is 0 Å². The number of hydrogen-bond acceptors (Lipinski definition) is 4. The molecule has 5 nitrogen and oxygen atoms in total. The Morgan fingerprint density at radius 1 is 1.32 bits per heavy atom. The van der Waals surface area contributed by atoms with E-state index >= 15 is 0 Å². The smallest absolute Gasteiger partial charge is 0.255 e. The van der Waals surface area contributed by atoms with Crippen molar-refractivity contribution in [2.24, 2.45) is 0 Å². The Kier molecular flexibility index (Phi) is 9.25. The van der Waals surface area contributed by atoms with Gasteiger partial charge in [0.05, 0.1) is 0 Å². The van der Waals surface area contributed by atoms with Crippen LogP contribution in [0.15, 0.2) is 24.3 Å². The fourth-order valence-corrected chi connectivity index (χ4v) is 3.78. The first kappa shape index (κ1) is 19.6. The van der Waals surface area contributed by atoms with Gasteiger partial charge in [-0.3, -0.25) is 4.57 Å². The first-order valence-electron chi connectivity index (χ1n) is 7.49. The zero-order chi connectivity index (χ0) is 16.4. The normalized spacial score (nSPS) is 14.2. The summed E-state index contributed by atoms with van der Waals surface area (Å²) in [6.07, 6.45) is 0.741. The van der Waals surface area contributed by atoms with Crippen molar-refractivity contribution < 1.29 is 18.9 Å². The molecule has 0 aliphatic rings. The number of benzene rings is 1. The summed E-state index contributed by atoms with van der Waals surface area (Å²) in [5, 5.41) is 3.94. The van der Waals surface area contributed by atoms with Gasteiger partial charge in [0.1, 0.15) is 0 Å². The molecule has 7 heteroatoms. The average molecular weight is 350 g/mol. The zero-order valence-electron chi connectivity index (χ0n) is 13.1. The van der Waals surface area contributed by atoms with Crippen molar-refractivity contribution in [3.8, 4) is 0 Å². The molecule has 0 saturated heterocycles. The molecule has 0 amide bonds. The molecule has 0 aromatic heterocycles. The Balaban J connectivity index is 2.31. The van der Waals surface area contributed by atoms with Crippen LogP contribution in [0, 0.1) is 0 Å². The third-order valence-electron chi connectivity index (χ3n) is 3.00. The van der Waals surface area contributed by atoms with Crippen molar-refractivity contribution in [1.29, 1.82) is 0 Å². The fourth-order valence-electron chi connectivity index (χ4n) is 1.98. The molecule has 1 aromatic rings. The Labute approximate surface area is 137 Å². The monoisotopic (exact) mass is 349 g/mol. The summed E-state index contributed by atoms with van der Waals surface area (Å²) < 4.78 is 22.7. The molecule has 1 unspecified atom stereocenters. The van der Waals surface area contributed by atoms with E-state index in [0.29, 0.717) is 37.7 Å². The van der Waals surface area contributed by atoms with Crippen LogP contribution in [0.3, 0.4) is 0 Å². The lowest BCUT2D eigenvalue weighted by atomic mass is 10.2. The highest BCUT2D eigenvalue weighted by molar-refractivity contribution is 7.58. The maximum Gasteiger partial charge on any atom is 0.255 e. The largest absolute Gasteiger partial charge is 0.345 e. The predicted molar refractivity (Wildman–Crippen MR) is 89.5 cm³/mol. The molecular weight excluding hydrogens is 325 g/mol. The third kappa shape index (κ3) is 7.23. The van der Waals surface area contributed by atoms with E-state index in [4.69, 9.17) is 21.1 Å². The SMILES string of the molecule is CCOC(OCC)P(=O)(O)CCCNCc1cccc(Cl)c1. The standard InChI is InChI=1S/C15H25ClNO4P/c1-3-20-15(21-4-2)22(18,19)10-6-9-17-12-13-7-5-8-14(16)11-13/h5,7-8,11,15,17H,3-4,6,9-10,12H2,1-2H3,(H,18,19). The summed E-state index contributed by atoms with van der Waals surface area (Å²) in [4.78, 5) is 10.0. The topological polar surface area (TPSA) is 67.8 Å². The number of ether oxygens (including phenoxy) is 2. The zero-order valence-corrected chi connectivity index (χ0v) is 14.8. The average Bonchev–Trinajstić information content (AvgIpc) is 2.46. The van der Waals surface area contributed by atoms with E-state index in [1.165, 1.54) is 0 Å². The Hall–Kier alpha value is -0.420. The van der Waals surface area contributed by atoms with Crippen LogP contribution < -0.4 is 5.32 Å². The highest BCUT2D eigenvalue weighted by Crippen LogP contribution is 2.47. The molecule has 0 bridgehead atoms. The van der Waals surface area contributed by atoms with E-state index in [1.54, 1.807) is 13.8 Å². The van der Waals surface area contributed by atoms with Crippen LogP contribution >= 0.6 is 19.0 Å². The van der Waals surface area contributed by atoms with Gasteiger partial charge in [-0.25, -0.2) is 0 Å². The van der Waals surface area contributed by atoms with Crippen LogP contribution in [-0.2, 0) is 20.6 Å². The van der Waals surface area contributed by atoms with Gasteiger partial charge in [-0.1, -0.05) is 23.7 Å². The molecule has 0 aliphatic heterocycles. The van der Waals surface area contributed by atoms with Crippen LogP contribution in [0.1, 0.15) is 25.8 Å². The van der Waals surface area contributed by atoms with Crippen molar-refractivity contribution in [2.45, 2.75) is 32.8 Å². The Bertz CT molecular complexity index is 480. The quantitative estimate of drug-likeness (QED) is 0.364. The highest BCUT2D eigenvalue weighted by Gasteiger charge is 2.31. The Morgan fingerprint density at radius 3 is 2.59 bits per heavy atom. The lowest BCUT2D eigenvalue weighted by molar-refractivity contribution is -0.0871. The molecular formula is C15H25ClNO4P. The molecule has 1 rings (SSSR count). The first-order valence-corrected chi connectivity index (χ1v) is 9.78. The van der Waals surface area contributed by atoms with Crippen molar-refractivity contribution >= 4 is 19.0 Å². The maximum atomic E-state index is 12.2. The molecule has 0 fully saturated rings. The van der Waals surface area contributed by atoms with Gasteiger partial charge in [-0.2, -0.15) is 0 Å². The molecule has 22 heavy (non-hydrogen) atoms. The van der Waals surface area contributed by atoms with E-state index in [0.717, 1.165) is 5.56 Å². The van der Waals surface area contributed by atoms with Crippen molar-refractivity contribution in [3.63, 3.8) is 0 Å². The summed E-state index contributed by atoms with van der Waals surface area (Å²) in [5.41, 5.74) is 1.08. The molecule has 1 atom stereocenters. The minimum Gasteiger partial charge on any atom is -0.345 e. The van der Waals surface area contributed by atoms with Crippen molar-refractivity contribution in [1.82, 2.24) is 5.32 Å². The first-order chi connectivity index (χ1) is 10.5. The van der Waals surface area contributed by atoms with E-state index in [1.807, 2.05) is 24.3 Å². The minimum absolute atomic E-state index is 0.167. The van der Waals surface area contributed by atoms with Crippen molar-refractivity contribution in [3.05, 3.63) is 34.9 Å². The number of hydrogen-bond donors (Lipinski definition) is 2. The van der Waals surface area contributed by atoms with E-state index in [9.17, 15) is 9.46 Å². The summed E-state index contributed by atoms with van der Waals surface area (Å²) in [6.45, 7) is 5.57. The van der Waals surface area contributed by atoms with E-state index < -0.39 is 13.4 Å². The van der Waals surface area contributed by atoms with Gasteiger partial charge in [-0.15, -0.1) is 0 Å². The lowest BCUT2D eigenvalue weighted by Crippen LogP contribution is -2.21. The molecule has 126 valence electrons. The van der Waals surface area contributed by atoms with Crippen LogP contribution in [-0.4, -0.2) is 36.8 Å². The highest BCUT2D eigenvalue weighted by atomic mass is 35.5. The van der Waals surface area contributed by atoms with Gasteiger partial charge >= 0.3 is 0 Å². The predicted octanol–water partition coefficient (Wildman–Crippen LogP) is 3.45. The van der Waals surface area contributed by atoms with Gasteiger partial charge in [-0.05, 0) is 44.5 Å². The Morgan fingerprint density at radius 2 is 2.00 bits per heavy atom. The summed E-state index contributed by atoms with van der Waals surface area (Å²) in [6, 6.07) is 6.59. The molecule has 0 radical (unpaired) electrons. The van der Waals surface area contributed by atoms with Gasteiger partial charge in [0.15, 0.2) is 0 Å². The second-order valence-corrected chi connectivity index (χ2v) is 7.67. The lowest BCUT2D eigenvalue weighted by Gasteiger charge is -2.22. The summed E-state index contributed by atoms with van der Waals surface area (Å²) in [5.74, 6) is 0. The minimum atomic E-state index is -3.46. The molecule has 1 aromatic carbocycles. The van der Waals surface area contributed by atoms with Gasteiger partial charge < -0.3 is 19.7 Å². The third-order valence-corrected chi connectivity index (χ3v) is 5.15. The van der Waals surface area contributed by atoms with Crippen LogP contribution in [0.4, 0.5) is 0 Å². The van der Waals surface area contributed by atoms with Gasteiger partial charge in [0.25, 0.3) is 7.37 Å². The number of halogens is 1. The van der Waals surface area contributed by atoms with Crippen LogP contribution in [0.25, 0.3) is 0 Å². The molecule has 0 aliphatic carbocycles. The second kappa shape index (κ2) is 10.4. The maximum absolute atomic E-state index is 12.2. The second-order valence-electron chi connectivity index (χ2n) is 4.86.